The van der Waals surface area contributed by atoms with Gasteiger partial charge in [0.05, 0.1) is 6.54 Å². The van der Waals surface area contributed by atoms with Crippen molar-refractivity contribution >= 4 is 5.91 Å². The molecular weight excluding hydrogens is 328 g/mol. The Kier molecular flexibility index (Phi) is 5.63. The summed E-state index contributed by atoms with van der Waals surface area (Å²) in [7, 11) is 0. The molecule has 0 bridgehead atoms. The van der Waals surface area contributed by atoms with Crippen LogP contribution >= 0.6 is 0 Å². The first kappa shape index (κ1) is 17.7. The molecule has 6 heteroatoms. The van der Waals surface area contributed by atoms with Crippen LogP contribution in [0, 0.1) is 6.92 Å². The van der Waals surface area contributed by atoms with Gasteiger partial charge in [-0.1, -0.05) is 18.2 Å². The van der Waals surface area contributed by atoms with Crippen LogP contribution in [0.3, 0.4) is 0 Å². The number of aryl methyl sites for hydroxylation is 1. The number of likely N-dealkylation sites (N-methyl/N-ethyl adjacent to an activating group) is 1. The number of carbonyl (C=O) groups excluding carboxylic acids is 1. The molecular formula is C20H22N4O2. The Hall–Kier alpha value is -3.15. The van der Waals surface area contributed by atoms with Crippen LogP contribution < -0.4 is 4.74 Å². The van der Waals surface area contributed by atoms with Gasteiger partial charge in [-0.15, -0.1) is 10.2 Å². The minimum atomic E-state index is -0.0183. The summed E-state index contributed by atoms with van der Waals surface area (Å²) in [6.07, 6.45) is 3.22. The van der Waals surface area contributed by atoms with E-state index in [9.17, 15) is 4.79 Å². The predicted molar refractivity (Wildman–Crippen MR) is 99.6 cm³/mol. The van der Waals surface area contributed by atoms with E-state index in [1.54, 1.807) is 22.1 Å². The molecule has 1 heterocycles. The van der Waals surface area contributed by atoms with Crippen LogP contribution in [-0.4, -0.2) is 45.3 Å². The van der Waals surface area contributed by atoms with Gasteiger partial charge < -0.3 is 9.64 Å². The summed E-state index contributed by atoms with van der Waals surface area (Å²) in [6.45, 7) is 5.59. The summed E-state index contributed by atoms with van der Waals surface area (Å²) in [6, 6.07) is 15.3. The number of nitrogens with zero attached hydrogens (tertiary/aromatic N) is 4. The van der Waals surface area contributed by atoms with Crippen LogP contribution in [0.4, 0.5) is 0 Å². The summed E-state index contributed by atoms with van der Waals surface area (Å²) in [5.74, 6) is 0.804. The minimum Gasteiger partial charge on any atom is -0.492 e. The van der Waals surface area contributed by atoms with E-state index < -0.39 is 0 Å². The lowest BCUT2D eigenvalue weighted by Gasteiger charge is -2.21. The van der Waals surface area contributed by atoms with Crippen molar-refractivity contribution in [2.24, 2.45) is 0 Å². The standard InChI is InChI=1S/C20H22N4O2/c1-3-23(10-11-26-19-9-4-6-16(2)12-19)20(25)17-7-5-8-18(13-17)24-14-21-22-15-24/h4-9,12-15H,3,10-11H2,1-2H3. The van der Waals surface area contributed by atoms with Crippen molar-refractivity contribution in [2.75, 3.05) is 19.7 Å². The molecule has 26 heavy (non-hydrogen) atoms. The van der Waals surface area contributed by atoms with Crippen LogP contribution in [0.15, 0.2) is 61.2 Å². The third-order valence-electron chi connectivity index (χ3n) is 4.10. The van der Waals surface area contributed by atoms with E-state index in [1.165, 1.54) is 0 Å². The zero-order valence-electron chi connectivity index (χ0n) is 15.0. The number of benzene rings is 2. The van der Waals surface area contributed by atoms with Gasteiger partial charge in [-0.2, -0.15) is 0 Å². The highest BCUT2D eigenvalue weighted by molar-refractivity contribution is 5.94. The number of carbonyl (C=O) groups is 1. The third kappa shape index (κ3) is 4.27. The fourth-order valence-corrected chi connectivity index (χ4v) is 2.70. The van der Waals surface area contributed by atoms with E-state index in [0.29, 0.717) is 25.3 Å². The van der Waals surface area contributed by atoms with Gasteiger partial charge in [-0.3, -0.25) is 9.36 Å². The topological polar surface area (TPSA) is 60.2 Å². The Morgan fingerprint density at radius 2 is 1.88 bits per heavy atom. The highest BCUT2D eigenvalue weighted by Crippen LogP contribution is 2.14. The molecule has 134 valence electrons. The Morgan fingerprint density at radius 3 is 2.62 bits per heavy atom. The van der Waals surface area contributed by atoms with Gasteiger partial charge in [0.2, 0.25) is 0 Å². The van der Waals surface area contributed by atoms with Crippen LogP contribution in [0.1, 0.15) is 22.8 Å². The van der Waals surface area contributed by atoms with Crippen LogP contribution in [0.25, 0.3) is 5.69 Å². The highest BCUT2D eigenvalue weighted by Gasteiger charge is 2.15. The minimum absolute atomic E-state index is 0.0183. The maximum Gasteiger partial charge on any atom is 0.254 e. The van der Waals surface area contributed by atoms with Crippen LogP contribution in [0.5, 0.6) is 5.75 Å². The molecule has 0 spiro atoms. The molecule has 2 aromatic carbocycles. The Bertz CT molecular complexity index is 862. The molecule has 0 atom stereocenters. The number of amides is 1. The monoisotopic (exact) mass is 350 g/mol. The van der Waals surface area contributed by atoms with E-state index in [4.69, 9.17) is 4.74 Å². The van der Waals surface area contributed by atoms with Gasteiger partial charge in [-0.05, 0) is 49.7 Å². The summed E-state index contributed by atoms with van der Waals surface area (Å²) in [5.41, 5.74) is 2.64. The Balaban J connectivity index is 1.64. The van der Waals surface area contributed by atoms with Crippen molar-refractivity contribution < 1.29 is 9.53 Å². The van der Waals surface area contributed by atoms with Gasteiger partial charge in [0.25, 0.3) is 5.91 Å². The van der Waals surface area contributed by atoms with Gasteiger partial charge in [-0.25, -0.2) is 0 Å². The predicted octanol–water partition coefficient (Wildman–Crippen LogP) is 3.12. The first-order valence-electron chi connectivity index (χ1n) is 8.61. The normalized spacial score (nSPS) is 10.5. The first-order chi connectivity index (χ1) is 12.7. The van der Waals surface area contributed by atoms with E-state index >= 15 is 0 Å². The smallest absolute Gasteiger partial charge is 0.254 e. The van der Waals surface area contributed by atoms with Crippen LogP contribution in [0.2, 0.25) is 0 Å². The number of aromatic nitrogens is 3. The maximum atomic E-state index is 12.8. The molecule has 0 saturated heterocycles. The summed E-state index contributed by atoms with van der Waals surface area (Å²) >= 11 is 0. The number of ether oxygens (including phenoxy) is 1. The Morgan fingerprint density at radius 1 is 1.12 bits per heavy atom. The van der Waals surface area contributed by atoms with Gasteiger partial charge in [0.15, 0.2) is 0 Å². The summed E-state index contributed by atoms with van der Waals surface area (Å²) in [4.78, 5) is 14.6. The number of hydrogen-bond acceptors (Lipinski definition) is 4. The molecule has 0 aliphatic rings. The van der Waals surface area contributed by atoms with Crippen molar-refractivity contribution in [1.29, 1.82) is 0 Å². The second-order valence-electron chi connectivity index (χ2n) is 5.97. The summed E-state index contributed by atoms with van der Waals surface area (Å²) in [5, 5.41) is 7.60. The molecule has 0 aliphatic carbocycles. The second-order valence-corrected chi connectivity index (χ2v) is 5.97. The van der Waals surface area contributed by atoms with E-state index in [0.717, 1.165) is 17.0 Å². The molecule has 0 radical (unpaired) electrons. The molecule has 1 aromatic heterocycles. The zero-order valence-corrected chi connectivity index (χ0v) is 15.0. The van der Waals surface area contributed by atoms with E-state index in [-0.39, 0.29) is 5.91 Å². The first-order valence-corrected chi connectivity index (χ1v) is 8.61. The third-order valence-corrected chi connectivity index (χ3v) is 4.10. The second kappa shape index (κ2) is 8.29. The van der Waals surface area contributed by atoms with Crippen molar-refractivity contribution in [1.82, 2.24) is 19.7 Å². The molecule has 0 saturated carbocycles. The van der Waals surface area contributed by atoms with Gasteiger partial charge in [0, 0.05) is 17.8 Å². The molecule has 0 N–H and O–H groups in total. The molecule has 0 unspecified atom stereocenters. The van der Waals surface area contributed by atoms with Crippen molar-refractivity contribution in [3.05, 3.63) is 72.3 Å². The molecule has 3 aromatic rings. The largest absolute Gasteiger partial charge is 0.492 e. The summed E-state index contributed by atoms with van der Waals surface area (Å²) < 4.78 is 7.55. The van der Waals surface area contributed by atoms with Crippen LogP contribution in [-0.2, 0) is 0 Å². The highest BCUT2D eigenvalue weighted by atomic mass is 16.5. The van der Waals surface area contributed by atoms with E-state index in [1.807, 2.05) is 62.4 Å². The fourth-order valence-electron chi connectivity index (χ4n) is 2.70. The lowest BCUT2D eigenvalue weighted by molar-refractivity contribution is 0.0739. The van der Waals surface area contributed by atoms with Gasteiger partial charge in [0.1, 0.15) is 25.0 Å². The number of hydrogen-bond donors (Lipinski definition) is 0. The van der Waals surface area contributed by atoms with Gasteiger partial charge >= 0.3 is 0 Å². The number of rotatable bonds is 7. The van der Waals surface area contributed by atoms with E-state index in [2.05, 4.69) is 10.2 Å². The van der Waals surface area contributed by atoms with Crippen molar-refractivity contribution in [3.8, 4) is 11.4 Å². The molecule has 1 amide bonds. The SMILES string of the molecule is CCN(CCOc1cccc(C)c1)C(=O)c1cccc(-n2cnnc2)c1. The average Bonchev–Trinajstić information content (AvgIpc) is 3.20. The molecule has 0 aliphatic heterocycles. The maximum absolute atomic E-state index is 12.8. The zero-order chi connectivity index (χ0) is 18.4. The van der Waals surface area contributed by atoms with Crippen molar-refractivity contribution in [2.45, 2.75) is 13.8 Å². The molecule has 6 nitrogen and oxygen atoms in total. The average molecular weight is 350 g/mol. The fraction of sp³-hybridized carbons (Fsp3) is 0.250. The lowest BCUT2D eigenvalue weighted by Crippen LogP contribution is -2.34. The quantitative estimate of drug-likeness (QED) is 0.657. The lowest BCUT2D eigenvalue weighted by atomic mass is 10.1. The van der Waals surface area contributed by atoms with Crippen molar-refractivity contribution in [3.63, 3.8) is 0 Å². The Labute approximate surface area is 153 Å². The molecule has 3 rings (SSSR count). The molecule has 0 fully saturated rings.